The number of pyridine rings is 1. The Labute approximate surface area is 169 Å². The molecule has 2 aromatic heterocycles. The van der Waals surface area contributed by atoms with Gasteiger partial charge in [0.05, 0.1) is 12.0 Å². The molecular formula is C19H17ClF3N5O. The highest BCUT2D eigenvalue weighted by atomic mass is 35.5. The molecule has 6 nitrogen and oxygen atoms in total. The van der Waals surface area contributed by atoms with Crippen molar-refractivity contribution >= 4 is 29.1 Å². The number of aromatic nitrogens is 3. The van der Waals surface area contributed by atoms with Crippen molar-refractivity contribution in [2.75, 3.05) is 31.1 Å². The Morgan fingerprint density at radius 2 is 1.76 bits per heavy atom. The molecule has 10 heteroatoms. The zero-order chi connectivity index (χ0) is 20.6. The molecule has 0 bridgehead atoms. The minimum absolute atomic E-state index is 0.0387. The highest BCUT2D eigenvalue weighted by Gasteiger charge is 2.32. The van der Waals surface area contributed by atoms with Crippen LogP contribution in [0.1, 0.15) is 11.1 Å². The molecule has 3 aromatic rings. The van der Waals surface area contributed by atoms with Gasteiger partial charge in [0, 0.05) is 37.4 Å². The van der Waals surface area contributed by atoms with E-state index in [2.05, 4.69) is 10.2 Å². The van der Waals surface area contributed by atoms with E-state index in [1.54, 1.807) is 11.0 Å². The van der Waals surface area contributed by atoms with Gasteiger partial charge < -0.3 is 9.80 Å². The predicted molar refractivity (Wildman–Crippen MR) is 102 cm³/mol. The standard InChI is InChI=1S/C19H17ClF3N5O/c20-15-4-2-1-3-13(15)11-17(29)26-7-9-27(10-8-26)18-25-24-16-6-5-14(12-28(16)18)19(21,22)23/h1-6,12H,7-11H2. The molecule has 1 amide bonds. The number of carbonyl (C=O) groups excluding carboxylic acids is 1. The predicted octanol–water partition coefficient (Wildman–Crippen LogP) is 3.29. The molecule has 0 aliphatic carbocycles. The molecule has 0 saturated carbocycles. The number of halogens is 4. The summed E-state index contributed by atoms with van der Waals surface area (Å²) in [5.41, 5.74) is 0.342. The molecule has 0 unspecified atom stereocenters. The molecule has 0 N–H and O–H groups in total. The largest absolute Gasteiger partial charge is 0.417 e. The van der Waals surface area contributed by atoms with Crippen LogP contribution in [0, 0.1) is 0 Å². The first kappa shape index (κ1) is 19.5. The molecule has 0 spiro atoms. The lowest BCUT2D eigenvalue weighted by Gasteiger charge is -2.34. The Kier molecular flexibility index (Phi) is 5.08. The molecule has 0 radical (unpaired) electrons. The zero-order valence-electron chi connectivity index (χ0n) is 15.2. The van der Waals surface area contributed by atoms with Gasteiger partial charge in [0.15, 0.2) is 5.65 Å². The SMILES string of the molecule is O=C(Cc1ccccc1Cl)N1CCN(c2nnc3ccc(C(F)(F)F)cn23)CC1. The molecule has 152 valence electrons. The monoisotopic (exact) mass is 423 g/mol. The van der Waals surface area contributed by atoms with Crippen molar-refractivity contribution in [3.8, 4) is 0 Å². The molecule has 0 atom stereocenters. The summed E-state index contributed by atoms with van der Waals surface area (Å²) in [6, 6.07) is 9.48. The number of benzene rings is 1. The lowest BCUT2D eigenvalue weighted by molar-refractivity contribution is -0.138. The molecule has 1 saturated heterocycles. The van der Waals surface area contributed by atoms with Crippen LogP contribution in [0.5, 0.6) is 0 Å². The second kappa shape index (κ2) is 7.55. The summed E-state index contributed by atoms with van der Waals surface area (Å²) >= 11 is 6.12. The van der Waals surface area contributed by atoms with E-state index in [0.717, 1.165) is 17.8 Å². The van der Waals surface area contributed by atoms with Crippen molar-refractivity contribution in [3.63, 3.8) is 0 Å². The van der Waals surface area contributed by atoms with Crippen LogP contribution in [-0.2, 0) is 17.4 Å². The number of alkyl halides is 3. The number of piperazine rings is 1. The van der Waals surface area contributed by atoms with E-state index in [4.69, 9.17) is 11.6 Å². The lowest BCUT2D eigenvalue weighted by atomic mass is 10.1. The van der Waals surface area contributed by atoms with Gasteiger partial charge in [-0.1, -0.05) is 29.8 Å². The minimum atomic E-state index is -4.44. The van der Waals surface area contributed by atoms with Crippen molar-refractivity contribution < 1.29 is 18.0 Å². The number of carbonyl (C=O) groups is 1. The van der Waals surface area contributed by atoms with E-state index in [-0.39, 0.29) is 12.3 Å². The van der Waals surface area contributed by atoms with Crippen molar-refractivity contribution in [1.82, 2.24) is 19.5 Å². The summed E-state index contributed by atoms with van der Waals surface area (Å²) in [6.07, 6.45) is -3.23. The van der Waals surface area contributed by atoms with Crippen LogP contribution in [0.15, 0.2) is 42.6 Å². The molecule has 29 heavy (non-hydrogen) atoms. The summed E-state index contributed by atoms with van der Waals surface area (Å²) < 4.78 is 40.4. The maximum Gasteiger partial charge on any atom is 0.417 e. The van der Waals surface area contributed by atoms with Crippen LogP contribution in [0.4, 0.5) is 19.1 Å². The summed E-state index contributed by atoms with van der Waals surface area (Å²) in [5.74, 6) is 0.299. The van der Waals surface area contributed by atoms with E-state index >= 15 is 0 Å². The average molecular weight is 424 g/mol. The van der Waals surface area contributed by atoms with Crippen molar-refractivity contribution in [2.45, 2.75) is 12.6 Å². The fourth-order valence-electron chi connectivity index (χ4n) is 3.33. The minimum Gasteiger partial charge on any atom is -0.339 e. The average Bonchev–Trinajstić information content (AvgIpc) is 3.12. The maximum atomic E-state index is 13.0. The molecule has 1 fully saturated rings. The number of hydrogen-bond acceptors (Lipinski definition) is 4. The van der Waals surface area contributed by atoms with Gasteiger partial charge in [-0.15, -0.1) is 10.2 Å². The summed E-state index contributed by atoms with van der Waals surface area (Å²) in [7, 11) is 0. The molecule has 4 rings (SSSR count). The molecular weight excluding hydrogens is 407 g/mol. The molecule has 1 aromatic carbocycles. The topological polar surface area (TPSA) is 53.7 Å². The second-order valence-corrected chi connectivity index (χ2v) is 7.19. The summed E-state index contributed by atoms with van der Waals surface area (Å²) in [4.78, 5) is 16.1. The number of nitrogens with zero attached hydrogens (tertiary/aromatic N) is 5. The van der Waals surface area contributed by atoms with Gasteiger partial charge in [0.1, 0.15) is 0 Å². The van der Waals surface area contributed by atoms with Crippen molar-refractivity contribution in [3.05, 3.63) is 58.7 Å². The fraction of sp³-hybridized carbons (Fsp3) is 0.316. The highest BCUT2D eigenvalue weighted by molar-refractivity contribution is 6.31. The normalized spacial score (nSPS) is 15.2. The summed E-state index contributed by atoms with van der Waals surface area (Å²) in [5, 5.41) is 8.54. The van der Waals surface area contributed by atoms with Crippen LogP contribution in [-0.4, -0.2) is 51.6 Å². The smallest absolute Gasteiger partial charge is 0.339 e. The Hall–Kier alpha value is -2.81. The van der Waals surface area contributed by atoms with Crippen molar-refractivity contribution in [2.24, 2.45) is 0 Å². The van der Waals surface area contributed by atoms with E-state index in [9.17, 15) is 18.0 Å². The van der Waals surface area contributed by atoms with Gasteiger partial charge in [0.25, 0.3) is 0 Å². The zero-order valence-corrected chi connectivity index (χ0v) is 16.0. The van der Waals surface area contributed by atoms with E-state index in [1.807, 2.05) is 23.1 Å². The van der Waals surface area contributed by atoms with E-state index in [0.29, 0.717) is 42.8 Å². The van der Waals surface area contributed by atoms with Crippen LogP contribution in [0.2, 0.25) is 5.02 Å². The van der Waals surface area contributed by atoms with Crippen molar-refractivity contribution in [1.29, 1.82) is 0 Å². The highest BCUT2D eigenvalue weighted by Crippen LogP contribution is 2.30. The van der Waals surface area contributed by atoms with Gasteiger partial charge in [-0.2, -0.15) is 13.2 Å². The van der Waals surface area contributed by atoms with Gasteiger partial charge in [0.2, 0.25) is 11.9 Å². The van der Waals surface area contributed by atoms with E-state index in [1.165, 1.54) is 10.5 Å². The third-order valence-corrected chi connectivity index (χ3v) is 5.30. The van der Waals surface area contributed by atoms with Gasteiger partial charge in [-0.3, -0.25) is 9.20 Å². The fourth-order valence-corrected chi connectivity index (χ4v) is 3.54. The Bertz CT molecular complexity index is 1040. The molecule has 1 aliphatic rings. The van der Waals surface area contributed by atoms with Crippen LogP contribution in [0.3, 0.4) is 0 Å². The number of rotatable bonds is 3. The maximum absolute atomic E-state index is 13.0. The first-order chi connectivity index (χ1) is 13.8. The Morgan fingerprint density at radius 3 is 2.45 bits per heavy atom. The Morgan fingerprint density at radius 1 is 1.03 bits per heavy atom. The number of hydrogen-bond donors (Lipinski definition) is 0. The first-order valence-corrected chi connectivity index (χ1v) is 9.39. The quantitative estimate of drug-likeness (QED) is 0.648. The third kappa shape index (κ3) is 4.00. The number of amides is 1. The summed E-state index contributed by atoms with van der Waals surface area (Å²) in [6.45, 7) is 1.78. The van der Waals surface area contributed by atoms with E-state index < -0.39 is 11.7 Å². The molecule has 3 heterocycles. The lowest BCUT2D eigenvalue weighted by Crippen LogP contribution is -2.49. The van der Waals surface area contributed by atoms with Crippen LogP contribution < -0.4 is 4.90 Å². The second-order valence-electron chi connectivity index (χ2n) is 6.78. The number of anilines is 1. The van der Waals surface area contributed by atoms with Crippen LogP contribution in [0.25, 0.3) is 5.65 Å². The van der Waals surface area contributed by atoms with Crippen LogP contribution >= 0.6 is 11.6 Å². The van der Waals surface area contributed by atoms with Gasteiger partial charge >= 0.3 is 6.18 Å². The van der Waals surface area contributed by atoms with Gasteiger partial charge in [-0.05, 0) is 23.8 Å². The molecule has 1 aliphatic heterocycles. The van der Waals surface area contributed by atoms with Gasteiger partial charge in [-0.25, -0.2) is 0 Å². The first-order valence-electron chi connectivity index (χ1n) is 9.01. The third-order valence-electron chi connectivity index (χ3n) is 4.93. The number of fused-ring (bicyclic) bond motifs is 1. The Balaban J connectivity index is 1.46.